The maximum Gasteiger partial charge on any atom is 0.228 e. The van der Waals surface area contributed by atoms with Crippen LogP contribution in [0.5, 0.6) is 0 Å². The predicted molar refractivity (Wildman–Crippen MR) is 82.2 cm³/mol. The summed E-state index contributed by atoms with van der Waals surface area (Å²) in [5.41, 5.74) is 0.756. The minimum Gasteiger partial charge on any atom is -0.356 e. The lowest BCUT2D eigenvalue weighted by molar-refractivity contribution is -0.125. The second-order valence-electron chi connectivity index (χ2n) is 5.58. The molecule has 2 N–H and O–H groups in total. The highest BCUT2D eigenvalue weighted by Gasteiger charge is 2.47. The maximum absolute atomic E-state index is 12.0. The van der Waals surface area contributed by atoms with Gasteiger partial charge in [-0.1, -0.05) is 29.8 Å². The molecule has 1 aromatic carbocycles. The van der Waals surface area contributed by atoms with Crippen molar-refractivity contribution in [3.05, 3.63) is 28.7 Å². The summed E-state index contributed by atoms with van der Waals surface area (Å²) in [7, 11) is 0. The second kappa shape index (κ2) is 6.39. The number of anilines is 1. The third-order valence-electron chi connectivity index (χ3n) is 3.26. The Labute approximate surface area is 127 Å². The van der Waals surface area contributed by atoms with E-state index in [1.54, 1.807) is 0 Å². The summed E-state index contributed by atoms with van der Waals surface area (Å²) < 4.78 is 0.966. The van der Waals surface area contributed by atoms with E-state index in [0.717, 1.165) is 10.2 Å². The molecule has 1 aliphatic rings. The standard InChI is InChI=1S/C15H19BrN2O2/c1-9(2)8-17-14(19)12-7-13(12)15(20)18-11-5-3-10(16)4-6-11/h3-6,9,12-13H,7-8H2,1-2H3,(H,17,19)(H,18,20). The van der Waals surface area contributed by atoms with Crippen LogP contribution >= 0.6 is 15.9 Å². The predicted octanol–water partition coefficient (Wildman–Crippen LogP) is 2.80. The van der Waals surface area contributed by atoms with Crippen LogP contribution in [-0.2, 0) is 9.59 Å². The molecular formula is C15H19BrN2O2. The number of halogens is 1. The van der Waals surface area contributed by atoms with E-state index < -0.39 is 0 Å². The van der Waals surface area contributed by atoms with Crippen LogP contribution in [0.3, 0.4) is 0 Å². The normalized spacial score (nSPS) is 20.6. The Bertz CT molecular complexity index is 499. The Morgan fingerprint density at radius 1 is 1.20 bits per heavy atom. The Balaban J connectivity index is 1.81. The van der Waals surface area contributed by atoms with E-state index in [1.165, 1.54) is 0 Å². The molecule has 2 atom stereocenters. The Morgan fingerprint density at radius 2 is 1.80 bits per heavy atom. The number of benzene rings is 1. The molecule has 5 heteroatoms. The number of amides is 2. The van der Waals surface area contributed by atoms with E-state index in [2.05, 4.69) is 26.6 Å². The molecule has 1 saturated carbocycles. The van der Waals surface area contributed by atoms with Crippen LogP contribution in [0.15, 0.2) is 28.7 Å². The smallest absolute Gasteiger partial charge is 0.228 e. The lowest BCUT2D eigenvalue weighted by Gasteiger charge is -2.07. The van der Waals surface area contributed by atoms with Crippen molar-refractivity contribution < 1.29 is 9.59 Å². The van der Waals surface area contributed by atoms with E-state index in [0.29, 0.717) is 18.9 Å². The van der Waals surface area contributed by atoms with Crippen molar-refractivity contribution in [3.8, 4) is 0 Å². The molecule has 2 unspecified atom stereocenters. The van der Waals surface area contributed by atoms with Crippen LogP contribution in [0.25, 0.3) is 0 Å². The summed E-state index contributed by atoms with van der Waals surface area (Å²) in [5.74, 6) is -0.00516. The number of nitrogens with one attached hydrogen (secondary N) is 2. The van der Waals surface area contributed by atoms with Crippen molar-refractivity contribution in [2.45, 2.75) is 20.3 Å². The summed E-state index contributed by atoms with van der Waals surface area (Å²) in [4.78, 5) is 23.8. The number of carbonyl (C=O) groups excluding carboxylic acids is 2. The van der Waals surface area contributed by atoms with Gasteiger partial charge in [0.15, 0.2) is 0 Å². The first-order valence-corrected chi connectivity index (χ1v) is 7.61. The monoisotopic (exact) mass is 338 g/mol. The van der Waals surface area contributed by atoms with E-state index >= 15 is 0 Å². The van der Waals surface area contributed by atoms with E-state index in [9.17, 15) is 9.59 Å². The first kappa shape index (κ1) is 15.0. The van der Waals surface area contributed by atoms with E-state index in [-0.39, 0.29) is 23.7 Å². The molecule has 0 heterocycles. The molecule has 0 aliphatic heterocycles. The maximum atomic E-state index is 12.0. The van der Waals surface area contributed by atoms with Crippen LogP contribution in [0.4, 0.5) is 5.69 Å². The molecule has 1 aromatic rings. The highest BCUT2D eigenvalue weighted by molar-refractivity contribution is 9.10. The SMILES string of the molecule is CC(C)CNC(=O)C1CC1C(=O)Nc1ccc(Br)cc1. The largest absolute Gasteiger partial charge is 0.356 e. The van der Waals surface area contributed by atoms with Gasteiger partial charge in [-0.2, -0.15) is 0 Å². The molecular weight excluding hydrogens is 320 g/mol. The fourth-order valence-corrected chi connectivity index (χ4v) is 2.24. The van der Waals surface area contributed by atoms with Crippen LogP contribution in [0, 0.1) is 17.8 Å². The van der Waals surface area contributed by atoms with Gasteiger partial charge in [0.1, 0.15) is 0 Å². The van der Waals surface area contributed by atoms with Crippen LogP contribution < -0.4 is 10.6 Å². The van der Waals surface area contributed by atoms with E-state index in [4.69, 9.17) is 0 Å². The second-order valence-corrected chi connectivity index (χ2v) is 6.50. The van der Waals surface area contributed by atoms with Gasteiger partial charge >= 0.3 is 0 Å². The quantitative estimate of drug-likeness (QED) is 0.867. The first-order valence-electron chi connectivity index (χ1n) is 6.81. The Morgan fingerprint density at radius 3 is 2.40 bits per heavy atom. The van der Waals surface area contributed by atoms with Gasteiger partial charge < -0.3 is 10.6 Å². The third kappa shape index (κ3) is 4.07. The highest BCUT2D eigenvalue weighted by atomic mass is 79.9. The average Bonchev–Trinajstić information content (AvgIpc) is 3.19. The molecule has 2 rings (SSSR count). The Hall–Kier alpha value is -1.36. The minimum atomic E-state index is -0.189. The van der Waals surface area contributed by atoms with Crippen LogP contribution in [-0.4, -0.2) is 18.4 Å². The van der Waals surface area contributed by atoms with Gasteiger partial charge in [-0.3, -0.25) is 9.59 Å². The summed E-state index contributed by atoms with van der Waals surface area (Å²) in [6.07, 6.45) is 0.645. The number of hydrogen-bond acceptors (Lipinski definition) is 2. The summed E-state index contributed by atoms with van der Waals surface area (Å²) >= 11 is 3.34. The molecule has 108 valence electrons. The van der Waals surface area contributed by atoms with Crippen molar-refractivity contribution in [2.24, 2.45) is 17.8 Å². The van der Waals surface area contributed by atoms with Crippen molar-refractivity contribution >= 4 is 33.4 Å². The van der Waals surface area contributed by atoms with Gasteiger partial charge in [0.25, 0.3) is 0 Å². The van der Waals surface area contributed by atoms with Crippen molar-refractivity contribution in [1.82, 2.24) is 5.32 Å². The highest BCUT2D eigenvalue weighted by Crippen LogP contribution is 2.39. The molecule has 2 amide bonds. The van der Waals surface area contributed by atoms with E-state index in [1.807, 2.05) is 38.1 Å². The number of rotatable bonds is 5. The summed E-state index contributed by atoms with van der Waals surface area (Å²) in [5, 5.41) is 5.72. The zero-order valence-electron chi connectivity index (χ0n) is 11.7. The Kier molecular flexibility index (Phi) is 4.81. The van der Waals surface area contributed by atoms with Crippen molar-refractivity contribution in [2.75, 3.05) is 11.9 Å². The zero-order chi connectivity index (χ0) is 14.7. The van der Waals surface area contributed by atoms with Gasteiger partial charge in [-0.05, 0) is 36.6 Å². The lowest BCUT2D eigenvalue weighted by Crippen LogP contribution is -2.30. The molecule has 20 heavy (non-hydrogen) atoms. The third-order valence-corrected chi connectivity index (χ3v) is 3.79. The number of hydrogen-bond donors (Lipinski definition) is 2. The molecule has 1 aliphatic carbocycles. The average molecular weight is 339 g/mol. The van der Waals surface area contributed by atoms with Gasteiger partial charge in [0.2, 0.25) is 11.8 Å². The van der Waals surface area contributed by atoms with Crippen molar-refractivity contribution in [3.63, 3.8) is 0 Å². The van der Waals surface area contributed by atoms with Gasteiger partial charge in [-0.25, -0.2) is 0 Å². The van der Waals surface area contributed by atoms with Gasteiger partial charge in [0.05, 0.1) is 11.8 Å². The topological polar surface area (TPSA) is 58.2 Å². The van der Waals surface area contributed by atoms with Gasteiger partial charge in [-0.15, -0.1) is 0 Å². The molecule has 0 saturated heterocycles. The summed E-state index contributed by atoms with van der Waals surface area (Å²) in [6, 6.07) is 7.40. The minimum absolute atomic E-state index is 0.00495. The van der Waals surface area contributed by atoms with Gasteiger partial charge in [0, 0.05) is 16.7 Å². The molecule has 1 fully saturated rings. The molecule has 0 radical (unpaired) electrons. The fourth-order valence-electron chi connectivity index (χ4n) is 1.98. The lowest BCUT2D eigenvalue weighted by atomic mass is 10.2. The molecule has 0 bridgehead atoms. The van der Waals surface area contributed by atoms with Crippen molar-refractivity contribution in [1.29, 1.82) is 0 Å². The molecule has 0 aromatic heterocycles. The zero-order valence-corrected chi connectivity index (χ0v) is 13.2. The molecule has 4 nitrogen and oxygen atoms in total. The number of carbonyl (C=O) groups is 2. The first-order chi connectivity index (χ1) is 9.47. The van der Waals surface area contributed by atoms with Crippen LogP contribution in [0.1, 0.15) is 20.3 Å². The fraction of sp³-hybridized carbons (Fsp3) is 0.467. The van der Waals surface area contributed by atoms with Crippen LogP contribution in [0.2, 0.25) is 0 Å². The summed E-state index contributed by atoms with van der Waals surface area (Å²) in [6.45, 7) is 4.76. The molecule has 0 spiro atoms.